The Kier molecular flexibility index (Phi) is 3.88. The first-order valence-electron chi connectivity index (χ1n) is 5.53. The molecule has 92 valence electrons. The molecule has 0 radical (unpaired) electrons. The van der Waals surface area contributed by atoms with Crippen LogP contribution in [0.3, 0.4) is 0 Å². The Hall–Kier alpha value is -0.820. The van der Waals surface area contributed by atoms with Crippen molar-refractivity contribution in [3.63, 3.8) is 0 Å². The van der Waals surface area contributed by atoms with E-state index < -0.39 is 0 Å². The number of carbonyl (C=O) groups is 1. The van der Waals surface area contributed by atoms with E-state index in [9.17, 15) is 4.79 Å². The lowest BCUT2D eigenvalue weighted by atomic mass is 10.1. The van der Waals surface area contributed by atoms with Crippen LogP contribution >= 0.6 is 22.6 Å². The number of hydrogen-bond acceptors (Lipinski definition) is 3. The van der Waals surface area contributed by atoms with E-state index in [1.54, 1.807) is 6.07 Å². The number of morpholine rings is 1. The van der Waals surface area contributed by atoms with Gasteiger partial charge in [0.1, 0.15) is 0 Å². The minimum absolute atomic E-state index is 0.00491. The minimum Gasteiger partial charge on any atom is -0.398 e. The van der Waals surface area contributed by atoms with Gasteiger partial charge >= 0.3 is 0 Å². The number of amides is 1. The van der Waals surface area contributed by atoms with Gasteiger partial charge in [-0.3, -0.25) is 4.79 Å². The first-order valence-corrected chi connectivity index (χ1v) is 6.61. The summed E-state index contributed by atoms with van der Waals surface area (Å²) >= 11 is 2.18. The molecule has 2 rings (SSSR count). The predicted molar refractivity (Wildman–Crippen MR) is 74.9 cm³/mol. The standard InChI is InChI=1S/C12H15IN2O2/c1-8-7-17-5-4-15(8)12(16)10-3-2-9(13)6-11(10)14/h2-3,6,8H,4-5,7,14H2,1H3/t8-/m1/s1. The summed E-state index contributed by atoms with van der Waals surface area (Å²) < 4.78 is 6.35. The molecule has 1 saturated heterocycles. The normalized spacial score (nSPS) is 20.4. The van der Waals surface area contributed by atoms with Gasteiger partial charge in [0, 0.05) is 15.8 Å². The number of nitrogens with two attached hydrogens (primary N) is 1. The molecule has 5 heteroatoms. The molecule has 1 aliphatic rings. The smallest absolute Gasteiger partial charge is 0.256 e. The van der Waals surface area contributed by atoms with Crippen LogP contribution in [-0.4, -0.2) is 36.6 Å². The number of nitrogens with zero attached hydrogens (tertiary/aromatic N) is 1. The summed E-state index contributed by atoms with van der Waals surface area (Å²) in [5.74, 6) is -0.00491. The summed E-state index contributed by atoms with van der Waals surface area (Å²) in [6.07, 6.45) is 0. The van der Waals surface area contributed by atoms with Crippen molar-refractivity contribution in [1.29, 1.82) is 0 Å². The maximum atomic E-state index is 12.3. The van der Waals surface area contributed by atoms with Gasteiger partial charge in [-0.15, -0.1) is 0 Å². The molecule has 1 heterocycles. The molecule has 0 unspecified atom stereocenters. The van der Waals surface area contributed by atoms with Crippen LogP contribution in [0.2, 0.25) is 0 Å². The third-order valence-corrected chi connectivity index (χ3v) is 3.54. The van der Waals surface area contributed by atoms with Crippen molar-refractivity contribution < 1.29 is 9.53 Å². The van der Waals surface area contributed by atoms with Crippen molar-refractivity contribution in [3.05, 3.63) is 27.3 Å². The number of nitrogen functional groups attached to an aromatic ring is 1. The van der Waals surface area contributed by atoms with Crippen LogP contribution in [-0.2, 0) is 4.74 Å². The number of anilines is 1. The van der Waals surface area contributed by atoms with E-state index in [0.29, 0.717) is 31.0 Å². The van der Waals surface area contributed by atoms with Gasteiger partial charge in [0.15, 0.2) is 0 Å². The van der Waals surface area contributed by atoms with Crippen molar-refractivity contribution in [1.82, 2.24) is 4.90 Å². The van der Waals surface area contributed by atoms with Crippen molar-refractivity contribution >= 4 is 34.2 Å². The summed E-state index contributed by atoms with van der Waals surface area (Å²) in [5.41, 5.74) is 7.02. The van der Waals surface area contributed by atoms with Crippen molar-refractivity contribution in [3.8, 4) is 0 Å². The monoisotopic (exact) mass is 346 g/mol. The van der Waals surface area contributed by atoms with Crippen LogP contribution in [0.1, 0.15) is 17.3 Å². The Bertz CT molecular complexity index is 437. The average molecular weight is 346 g/mol. The van der Waals surface area contributed by atoms with E-state index in [1.165, 1.54) is 0 Å². The second kappa shape index (κ2) is 5.22. The van der Waals surface area contributed by atoms with Gasteiger partial charge in [0.05, 0.1) is 24.8 Å². The molecule has 1 amide bonds. The predicted octanol–water partition coefficient (Wildman–Crippen LogP) is 1.73. The zero-order valence-corrected chi connectivity index (χ0v) is 11.8. The lowest BCUT2D eigenvalue weighted by molar-refractivity contribution is 0.00365. The number of rotatable bonds is 1. The van der Waals surface area contributed by atoms with Gasteiger partial charge in [-0.2, -0.15) is 0 Å². The van der Waals surface area contributed by atoms with Crippen molar-refractivity contribution in [2.24, 2.45) is 0 Å². The fraction of sp³-hybridized carbons (Fsp3) is 0.417. The molecule has 0 saturated carbocycles. The maximum absolute atomic E-state index is 12.3. The number of carbonyl (C=O) groups excluding carboxylic acids is 1. The molecule has 1 atom stereocenters. The number of benzene rings is 1. The van der Waals surface area contributed by atoms with E-state index in [2.05, 4.69) is 22.6 Å². The molecule has 1 aliphatic heterocycles. The van der Waals surface area contributed by atoms with Gasteiger partial charge < -0.3 is 15.4 Å². The van der Waals surface area contributed by atoms with E-state index in [1.807, 2.05) is 24.0 Å². The zero-order valence-electron chi connectivity index (χ0n) is 9.65. The maximum Gasteiger partial charge on any atom is 0.256 e. The van der Waals surface area contributed by atoms with Crippen molar-refractivity contribution in [2.75, 3.05) is 25.5 Å². The van der Waals surface area contributed by atoms with Gasteiger partial charge in [-0.05, 0) is 47.7 Å². The first-order chi connectivity index (χ1) is 8.09. The number of halogens is 1. The molecular formula is C12H15IN2O2. The molecule has 1 aromatic rings. The highest BCUT2D eigenvalue weighted by molar-refractivity contribution is 14.1. The van der Waals surface area contributed by atoms with Gasteiger partial charge in [0.2, 0.25) is 0 Å². The van der Waals surface area contributed by atoms with E-state index >= 15 is 0 Å². The van der Waals surface area contributed by atoms with E-state index in [4.69, 9.17) is 10.5 Å². The van der Waals surface area contributed by atoms with Crippen molar-refractivity contribution in [2.45, 2.75) is 13.0 Å². The largest absolute Gasteiger partial charge is 0.398 e. The lowest BCUT2D eigenvalue weighted by Gasteiger charge is -2.33. The second-order valence-electron chi connectivity index (χ2n) is 4.15. The quantitative estimate of drug-likeness (QED) is 0.623. The highest BCUT2D eigenvalue weighted by Gasteiger charge is 2.25. The summed E-state index contributed by atoms with van der Waals surface area (Å²) in [6, 6.07) is 5.62. The molecular weight excluding hydrogens is 331 g/mol. The molecule has 1 fully saturated rings. The SMILES string of the molecule is C[C@@H]1COCCN1C(=O)c1ccc(I)cc1N. The highest BCUT2D eigenvalue weighted by atomic mass is 127. The minimum atomic E-state index is -0.00491. The van der Waals surface area contributed by atoms with E-state index in [0.717, 1.165) is 3.57 Å². The first kappa shape index (κ1) is 12.6. The molecule has 2 N–H and O–H groups in total. The topological polar surface area (TPSA) is 55.6 Å². The molecule has 4 nitrogen and oxygen atoms in total. The Morgan fingerprint density at radius 2 is 2.35 bits per heavy atom. The van der Waals surface area contributed by atoms with Crippen LogP contribution in [0.5, 0.6) is 0 Å². The second-order valence-corrected chi connectivity index (χ2v) is 5.40. The van der Waals surface area contributed by atoms with Crippen LogP contribution in [0, 0.1) is 3.57 Å². The Balaban J connectivity index is 2.24. The molecule has 0 bridgehead atoms. The zero-order chi connectivity index (χ0) is 12.4. The lowest BCUT2D eigenvalue weighted by Crippen LogP contribution is -2.47. The summed E-state index contributed by atoms with van der Waals surface area (Å²) in [6.45, 7) is 3.81. The third-order valence-electron chi connectivity index (χ3n) is 2.87. The molecule has 17 heavy (non-hydrogen) atoms. The Labute approximate surface area is 114 Å². The van der Waals surface area contributed by atoms with Gasteiger partial charge in [-0.1, -0.05) is 0 Å². The molecule has 1 aromatic carbocycles. The average Bonchev–Trinajstić information content (AvgIpc) is 2.29. The van der Waals surface area contributed by atoms with Gasteiger partial charge in [0.25, 0.3) is 5.91 Å². The summed E-state index contributed by atoms with van der Waals surface area (Å²) in [7, 11) is 0. The Morgan fingerprint density at radius 1 is 1.59 bits per heavy atom. The summed E-state index contributed by atoms with van der Waals surface area (Å²) in [4.78, 5) is 14.2. The number of hydrogen-bond donors (Lipinski definition) is 1. The summed E-state index contributed by atoms with van der Waals surface area (Å²) in [5, 5.41) is 0. The van der Waals surface area contributed by atoms with Gasteiger partial charge in [-0.25, -0.2) is 0 Å². The van der Waals surface area contributed by atoms with Crippen LogP contribution in [0.15, 0.2) is 18.2 Å². The number of ether oxygens (including phenoxy) is 1. The Morgan fingerprint density at radius 3 is 3.00 bits per heavy atom. The van der Waals surface area contributed by atoms with Crippen LogP contribution in [0.25, 0.3) is 0 Å². The van der Waals surface area contributed by atoms with Crippen LogP contribution < -0.4 is 5.73 Å². The molecule has 0 aromatic heterocycles. The molecule has 0 spiro atoms. The fourth-order valence-corrected chi connectivity index (χ4v) is 2.43. The third kappa shape index (κ3) is 2.71. The van der Waals surface area contributed by atoms with E-state index in [-0.39, 0.29) is 11.9 Å². The molecule has 0 aliphatic carbocycles. The van der Waals surface area contributed by atoms with Crippen LogP contribution in [0.4, 0.5) is 5.69 Å². The highest BCUT2D eigenvalue weighted by Crippen LogP contribution is 2.19. The fourth-order valence-electron chi connectivity index (χ4n) is 1.91.